The Bertz CT molecular complexity index is 804. The Morgan fingerprint density at radius 2 is 1.92 bits per heavy atom. The molecule has 0 unspecified atom stereocenters. The van der Waals surface area contributed by atoms with Gasteiger partial charge in [0.1, 0.15) is 12.9 Å². The highest BCUT2D eigenvalue weighted by Gasteiger charge is 2.49. The van der Waals surface area contributed by atoms with Gasteiger partial charge in [-0.15, -0.1) is 0 Å². The summed E-state index contributed by atoms with van der Waals surface area (Å²) in [5, 5.41) is 3.29. The molecule has 1 aromatic rings. The van der Waals surface area contributed by atoms with Crippen LogP contribution >= 0.6 is 0 Å². The number of hydrogen-bond donors (Lipinski definition) is 0. The third-order valence-electron chi connectivity index (χ3n) is 2.65. The Kier molecular flexibility index (Phi) is 6.94. The van der Waals surface area contributed by atoms with Crippen LogP contribution in [0.15, 0.2) is 17.3 Å². The van der Waals surface area contributed by atoms with Crippen LogP contribution in [0, 0.1) is 0 Å². The van der Waals surface area contributed by atoms with Gasteiger partial charge in [-0.1, -0.05) is 5.16 Å². The standard InChI is InChI=1S/C13H12F3NO8S/c1-22-11(19)7-24-12-8(6-18)3-4-10(9(12)5-17-23-2)25-26(20,21)13(14,15)16/h3-6H,7H2,1-2H3/b17-5+. The SMILES string of the molecule is CO/N=C/c1c(OS(=O)(=O)C(F)(F)F)ccc(C=O)c1OCC(=O)OC. The van der Waals surface area contributed by atoms with Crippen molar-refractivity contribution in [2.75, 3.05) is 20.8 Å². The quantitative estimate of drug-likeness (QED) is 0.160. The average Bonchev–Trinajstić information content (AvgIpc) is 2.57. The van der Waals surface area contributed by atoms with Gasteiger partial charge in [0, 0.05) is 0 Å². The monoisotopic (exact) mass is 399 g/mol. The summed E-state index contributed by atoms with van der Waals surface area (Å²) < 4.78 is 73.5. The Hall–Kier alpha value is -2.83. The van der Waals surface area contributed by atoms with Crippen LogP contribution in [0.25, 0.3) is 0 Å². The number of carbonyl (C=O) groups excluding carboxylic acids is 2. The highest BCUT2D eigenvalue weighted by atomic mass is 32.2. The van der Waals surface area contributed by atoms with E-state index in [1.54, 1.807) is 0 Å². The predicted molar refractivity (Wildman–Crippen MR) is 79.5 cm³/mol. The molecule has 0 amide bonds. The summed E-state index contributed by atoms with van der Waals surface area (Å²) in [6.07, 6.45) is 1.01. The first-order valence-electron chi connectivity index (χ1n) is 6.46. The Balaban J connectivity index is 3.49. The van der Waals surface area contributed by atoms with Crippen molar-refractivity contribution in [3.8, 4) is 11.5 Å². The lowest BCUT2D eigenvalue weighted by Crippen LogP contribution is -2.28. The number of alkyl halides is 3. The molecule has 0 N–H and O–H groups in total. The molecule has 1 rings (SSSR count). The molecule has 144 valence electrons. The number of benzene rings is 1. The minimum atomic E-state index is -6.01. The molecule has 0 aliphatic rings. The molecule has 0 saturated heterocycles. The third-order valence-corrected chi connectivity index (χ3v) is 3.61. The Labute approximate surface area is 145 Å². The molecule has 0 radical (unpaired) electrons. The molecule has 0 aromatic heterocycles. The number of rotatable bonds is 8. The minimum absolute atomic E-state index is 0.219. The summed E-state index contributed by atoms with van der Waals surface area (Å²) in [7, 11) is -3.86. The molecule has 9 nitrogen and oxygen atoms in total. The first kappa shape index (κ1) is 21.2. The minimum Gasteiger partial charge on any atom is -0.480 e. The van der Waals surface area contributed by atoms with E-state index in [1.165, 1.54) is 0 Å². The lowest BCUT2D eigenvalue weighted by atomic mass is 10.1. The second-order valence-corrected chi connectivity index (χ2v) is 5.82. The number of carbonyl (C=O) groups is 2. The van der Waals surface area contributed by atoms with E-state index in [0.717, 1.165) is 32.6 Å². The van der Waals surface area contributed by atoms with Crippen molar-refractivity contribution in [3.63, 3.8) is 0 Å². The Morgan fingerprint density at radius 3 is 2.42 bits per heavy atom. The van der Waals surface area contributed by atoms with Crippen molar-refractivity contribution in [1.82, 2.24) is 0 Å². The smallest absolute Gasteiger partial charge is 0.480 e. The second-order valence-electron chi connectivity index (χ2n) is 4.28. The number of halogens is 3. The van der Waals surface area contributed by atoms with Gasteiger partial charge < -0.3 is 18.5 Å². The third kappa shape index (κ3) is 5.08. The van der Waals surface area contributed by atoms with E-state index in [-0.39, 0.29) is 11.8 Å². The summed E-state index contributed by atoms with van der Waals surface area (Å²) in [5.74, 6) is -2.18. The van der Waals surface area contributed by atoms with Crippen molar-refractivity contribution in [2.45, 2.75) is 5.51 Å². The number of ether oxygens (including phenoxy) is 2. The van der Waals surface area contributed by atoms with Crippen LogP contribution in [-0.4, -0.2) is 53.2 Å². The molecule has 0 saturated carbocycles. The summed E-state index contributed by atoms with van der Waals surface area (Å²) >= 11 is 0. The topological polar surface area (TPSA) is 118 Å². The largest absolute Gasteiger partial charge is 0.534 e. The van der Waals surface area contributed by atoms with E-state index in [9.17, 15) is 31.2 Å². The molecule has 1 aromatic carbocycles. The summed E-state index contributed by atoms with van der Waals surface area (Å²) in [6.45, 7) is -0.722. The molecule has 26 heavy (non-hydrogen) atoms. The molecule has 13 heteroatoms. The molecule has 0 atom stereocenters. The van der Waals surface area contributed by atoms with Gasteiger partial charge in [0.2, 0.25) is 0 Å². The second kappa shape index (κ2) is 8.51. The number of oxime groups is 1. The highest BCUT2D eigenvalue weighted by molar-refractivity contribution is 7.88. The normalized spacial score (nSPS) is 11.9. The fourth-order valence-corrected chi connectivity index (χ4v) is 1.98. The van der Waals surface area contributed by atoms with E-state index < -0.39 is 45.3 Å². The molecular formula is C13H12F3NO8S. The van der Waals surface area contributed by atoms with Crippen molar-refractivity contribution >= 4 is 28.6 Å². The van der Waals surface area contributed by atoms with Crippen LogP contribution in [0.5, 0.6) is 11.5 Å². The predicted octanol–water partition coefficient (Wildman–Crippen LogP) is 1.26. The fraction of sp³-hybridized carbons (Fsp3) is 0.308. The first-order chi connectivity index (χ1) is 12.1. The van der Waals surface area contributed by atoms with Crippen molar-refractivity contribution in [2.24, 2.45) is 5.16 Å². The zero-order valence-electron chi connectivity index (χ0n) is 13.3. The zero-order chi connectivity index (χ0) is 20.0. The summed E-state index contributed by atoms with van der Waals surface area (Å²) in [6, 6.07) is 1.72. The fourth-order valence-electron chi connectivity index (χ4n) is 1.51. The van der Waals surface area contributed by atoms with Gasteiger partial charge in [-0.3, -0.25) is 4.79 Å². The molecule has 0 bridgehead atoms. The van der Waals surface area contributed by atoms with Gasteiger partial charge in [0.05, 0.1) is 24.5 Å². The van der Waals surface area contributed by atoms with Crippen LogP contribution in [-0.2, 0) is 24.5 Å². The zero-order valence-corrected chi connectivity index (χ0v) is 14.1. The van der Waals surface area contributed by atoms with E-state index >= 15 is 0 Å². The summed E-state index contributed by atoms with van der Waals surface area (Å²) in [5.41, 5.74) is -6.39. The number of hydrogen-bond acceptors (Lipinski definition) is 9. The Morgan fingerprint density at radius 1 is 1.27 bits per heavy atom. The van der Waals surface area contributed by atoms with Crippen molar-refractivity contribution < 1.29 is 49.7 Å². The van der Waals surface area contributed by atoms with Crippen LogP contribution in [0.3, 0.4) is 0 Å². The van der Waals surface area contributed by atoms with Gasteiger partial charge in [0.25, 0.3) is 0 Å². The van der Waals surface area contributed by atoms with Crippen LogP contribution in [0.4, 0.5) is 13.2 Å². The molecule has 0 heterocycles. The molecule has 0 fully saturated rings. The van der Waals surface area contributed by atoms with E-state index in [4.69, 9.17) is 4.74 Å². The van der Waals surface area contributed by atoms with Crippen LogP contribution in [0.2, 0.25) is 0 Å². The number of aldehydes is 1. The maximum Gasteiger partial charge on any atom is 0.534 e. The van der Waals surface area contributed by atoms with Crippen molar-refractivity contribution in [1.29, 1.82) is 0 Å². The maximum absolute atomic E-state index is 12.5. The summed E-state index contributed by atoms with van der Waals surface area (Å²) in [4.78, 5) is 26.7. The lowest BCUT2D eigenvalue weighted by molar-refractivity contribution is -0.142. The van der Waals surface area contributed by atoms with Crippen LogP contribution < -0.4 is 8.92 Å². The van der Waals surface area contributed by atoms with E-state index in [2.05, 4.69) is 18.9 Å². The van der Waals surface area contributed by atoms with Gasteiger partial charge in [-0.25, -0.2) is 4.79 Å². The molecule has 0 aliphatic heterocycles. The van der Waals surface area contributed by atoms with Crippen LogP contribution in [0.1, 0.15) is 15.9 Å². The average molecular weight is 399 g/mol. The maximum atomic E-state index is 12.5. The number of esters is 1. The highest BCUT2D eigenvalue weighted by Crippen LogP contribution is 2.34. The van der Waals surface area contributed by atoms with E-state index in [0.29, 0.717) is 0 Å². The van der Waals surface area contributed by atoms with E-state index in [1.807, 2.05) is 0 Å². The lowest BCUT2D eigenvalue weighted by Gasteiger charge is -2.15. The molecule has 0 aliphatic carbocycles. The van der Waals surface area contributed by atoms with Gasteiger partial charge in [0.15, 0.2) is 18.6 Å². The van der Waals surface area contributed by atoms with Gasteiger partial charge in [-0.2, -0.15) is 21.6 Å². The molecular weight excluding hydrogens is 387 g/mol. The van der Waals surface area contributed by atoms with Crippen molar-refractivity contribution in [3.05, 3.63) is 23.3 Å². The first-order valence-corrected chi connectivity index (χ1v) is 7.87. The van der Waals surface area contributed by atoms with Gasteiger partial charge in [-0.05, 0) is 12.1 Å². The molecule has 0 spiro atoms. The van der Waals surface area contributed by atoms with Gasteiger partial charge >= 0.3 is 21.6 Å². The number of nitrogens with zero attached hydrogens (tertiary/aromatic N) is 1. The number of methoxy groups -OCH3 is 1.